The van der Waals surface area contributed by atoms with E-state index in [0.717, 1.165) is 25.1 Å². The molecular formula is C17H19FN4O. The van der Waals surface area contributed by atoms with Crippen molar-refractivity contribution in [2.75, 3.05) is 11.4 Å². The van der Waals surface area contributed by atoms with E-state index in [0.29, 0.717) is 18.5 Å². The lowest BCUT2D eigenvalue weighted by molar-refractivity contribution is -0.119. The Balaban J connectivity index is 1.31. The molecule has 1 aliphatic heterocycles. The molecule has 6 heteroatoms. The highest BCUT2D eigenvalue weighted by Gasteiger charge is 2.38. The zero-order valence-corrected chi connectivity index (χ0v) is 12.7. The van der Waals surface area contributed by atoms with Crippen molar-refractivity contribution in [2.45, 2.75) is 37.3 Å². The van der Waals surface area contributed by atoms with Crippen molar-refractivity contribution in [3.05, 3.63) is 47.9 Å². The van der Waals surface area contributed by atoms with Gasteiger partial charge in [0.15, 0.2) is 0 Å². The Labute approximate surface area is 133 Å². The van der Waals surface area contributed by atoms with Crippen molar-refractivity contribution in [1.29, 1.82) is 0 Å². The second kappa shape index (κ2) is 5.77. The number of hydrogen-bond acceptors (Lipinski definition) is 3. The summed E-state index contributed by atoms with van der Waals surface area (Å²) in [5.74, 6) is 1.14. The van der Waals surface area contributed by atoms with Gasteiger partial charge >= 0.3 is 0 Å². The van der Waals surface area contributed by atoms with E-state index in [1.807, 2.05) is 18.2 Å². The van der Waals surface area contributed by atoms with Gasteiger partial charge in [0, 0.05) is 18.7 Å². The van der Waals surface area contributed by atoms with Crippen molar-refractivity contribution in [3.8, 4) is 0 Å². The molecule has 1 unspecified atom stereocenters. The van der Waals surface area contributed by atoms with Gasteiger partial charge in [-0.3, -0.25) is 14.8 Å². The molecule has 2 aromatic rings. The van der Waals surface area contributed by atoms with E-state index in [1.54, 1.807) is 11.1 Å². The second-order valence-electron chi connectivity index (χ2n) is 6.36. The van der Waals surface area contributed by atoms with Crippen molar-refractivity contribution in [3.63, 3.8) is 0 Å². The van der Waals surface area contributed by atoms with Gasteiger partial charge in [0.2, 0.25) is 5.91 Å². The Morgan fingerprint density at radius 2 is 2.00 bits per heavy atom. The van der Waals surface area contributed by atoms with E-state index in [4.69, 9.17) is 0 Å². The van der Waals surface area contributed by atoms with Crippen LogP contribution in [0.25, 0.3) is 0 Å². The lowest BCUT2D eigenvalue weighted by Crippen LogP contribution is -2.48. The van der Waals surface area contributed by atoms with Crippen LogP contribution in [0.3, 0.4) is 0 Å². The number of amides is 1. The Morgan fingerprint density at radius 1 is 1.22 bits per heavy atom. The van der Waals surface area contributed by atoms with Gasteiger partial charge in [0.1, 0.15) is 11.6 Å². The van der Waals surface area contributed by atoms with Crippen LogP contribution in [0, 0.1) is 5.82 Å². The first-order chi connectivity index (χ1) is 11.2. The van der Waals surface area contributed by atoms with Gasteiger partial charge in [-0.1, -0.05) is 12.1 Å². The molecule has 2 N–H and O–H groups in total. The molecule has 2 aliphatic rings. The van der Waals surface area contributed by atoms with Crippen LogP contribution in [0.4, 0.5) is 10.2 Å². The lowest BCUT2D eigenvalue weighted by Gasteiger charge is -2.37. The zero-order valence-electron chi connectivity index (χ0n) is 12.7. The van der Waals surface area contributed by atoms with Crippen LogP contribution in [0.2, 0.25) is 0 Å². The summed E-state index contributed by atoms with van der Waals surface area (Å²) in [5, 5.41) is 10.2. The minimum atomic E-state index is -0.196. The average Bonchev–Trinajstić information content (AvgIpc) is 3.14. The summed E-state index contributed by atoms with van der Waals surface area (Å²) < 4.78 is 13.0. The number of nitrogens with zero attached hydrogens (tertiary/aromatic N) is 2. The van der Waals surface area contributed by atoms with Crippen LogP contribution >= 0.6 is 0 Å². The number of aromatic nitrogens is 2. The van der Waals surface area contributed by atoms with E-state index >= 15 is 0 Å². The first kappa shape index (κ1) is 14.4. The quantitative estimate of drug-likeness (QED) is 0.909. The minimum Gasteiger partial charge on any atom is -0.303 e. The number of carbonyl (C=O) groups is 1. The maximum atomic E-state index is 13.0. The Hall–Kier alpha value is -2.21. The van der Waals surface area contributed by atoms with Crippen molar-refractivity contribution in [2.24, 2.45) is 0 Å². The van der Waals surface area contributed by atoms with Crippen LogP contribution < -0.4 is 10.2 Å². The molecule has 2 heterocycles. The molecule has 1 aliphatic carbocycles. The topological polar surface area (TPSA) is 61.0 Å². The fourth-order valence-corrected chi connectivity index (χ4v) is 3.52. The molecule has 1 aromatic heterocycles. The number of rotatable bonds is 4. The number of benzene rings is 1. The number of nitrogens with one attached hydrogen (secondary N) is 2. The van der Waals surface area contributed by atoms with E-state index in [2.05, 4.69) is 15.5 Å². The summed E-state index contributed by atoms with van der Waals surface area (Å²) in [4.78, 5) is 14.2. The zero-order chi connectivity index (χ0) is 15.8. The molecule has 1 saturated carbocycles. The van der Waals surface area contributed by atoms with Crippen LogP contribution in [-0.2, 0) is 4.79 Å². The maximum Gasteiger partial charge on any atom is 0.245 e. The van der Waals surface area contributed by atoms with Crippen molar-refractivity contribution in [1.82, 2.24) is 15.5 Å². The standard InChI is InChI=1S/C17H19FN4O/c18-13-3-1-11(2-4-13)12-9-14(10-12)20-15-6-8-22(17(15)23)16-5-7-19-21-16/h1-5,7,12,14-15,20H,6,8-10H2,(H,19,21). The molecule has 4 rings (SSSR count). The fourth-order valence-electron chi connectivity index (χ4n) is 3.52. The third-order valence-corrected chi connectivity index (χ3v) is 4.90. The Kier molecular flexibility index (Phi) is 3.61. The van der Waals surface area contributed by atoms with Gasteiger partial charge in [0.05, 0.1) is 12.2 Å². The number of halogens is 1. The highest BCUT2D eigenvalue weighted by Crippen LogP contribution is 2.37. The molecule has 1 saturated heterocycles. The number of carbonyl (C=O) groups excluding carboxylic acids is 1. The van der Waals surface area contributed by atoms with Crippen LogP contribution in [-0.4, -0.2) is 34.7 Å². The van der Waals surface area contributed by atoms with E-state index in [-0.39, 0.29) is 17.8 Å². The molecule has 1 amide bonds. The predicted molar refractivity (Wildman–Crippen MR) is 84.6 cm³/mol. The molecule has 0 spiro atoms. The van der Waals surface area contributed by atoms with Crippen LogP contribution in [0.1, 0.15) is 30.7 Å². The van der Waals surface area contributed by atoms with Crippen LogP contribution in [0.5, 0.6) is 0 Å². The average molecular weight is 314 g/mol. The first-order valence-electron chi connectivity index (χ1n) is 8.03. The largest absolute Gasteiger partial charge is 0.303 e. The lowest BCUT2D eigenvalue weighted by atomic mass is 9.75. The van der Waals surface area contributed by atoms with Gasteiger partial charge < -0.3 is 5.32 Å². The smallest absolute Gasteiger partial charge is 0.245 e. The number of H-pyrrole nitrogens is 1. The molecule has 2 fully saturated rings. The van der Waals surface area contributed by atoms with Gasteiger partial charge in [-0.05, 0) is 42.9 Å². The monoisotopic (exact) mass is 314 g/mol. The van der Waals surface area contributed by atoms with E-state index in [1.165, 1.54) is 17.7 Å². The van der Waals surface area contributed by atoms with Gasteiger partial charge in [-0.2, -0.15) is 5.10 Å². The van der Waals surface area contributed by atoms with E-state index in [9.17, 15) is 9.18 Å². The third kappa shape index (κ3) is 2.74. The summed E-state index contributed by atoms with van der Waals surface area (Å²) >= 11 is 0. The van der Waals surface area contributed by atoms with Gasteiger partial charge in [0.25, 0.3) is 0 Å². The normalized spacial score (nSPS) is 27.3. The van der Waals surface area contributed by atoms with Crippen molar-refractivity contribution >= 4 is 11.7 Å². The molecule has 0 radical (unpaired) electrons. The Morgan fingerprint density at radius 3 is 2.70 bits per heavy atom. The Bertz CT molecular complexity index is 679. The molecular weight excluding hydrogens is 295 g/mol. The number of anilines is 1. The fraction of sp³-hybridized carbons (Fsp3) is 0.412. The summed E-state index contributed by atoms with van der Waals surface area (Å²) in [7, 11) is 0. The SMILES string of the molecule is O=C1C(NC2CC(c3ccc(F)cc3)C2)CCN1c1ccn[nH]1. The maximum absolute atomic E-state index is 13.0. The van der Waals surface area contributed by atoms with Crippen molar-refractivity contribution < 1.29 is 9.18 Å². The molecule has 120 valence electrons. The molecule has 1 aromatic carbocycles. The molecule has 0 bridgehead atoms. The molecule has 5 nitrogen and oxygen atoms in total. The summed E-state index contributed by atoms with van der Waals surface area (Å²) in [6.45, 7) is 0.715. The number of aromatic amines is 1. The highest BCUT2D eigenvalue weighted by molar-refractivity contribution is 5.98. The number of hydrogen-bond donors (Lipinski definition) is 2. The second-order valence-corrected chi connectivity index (χ2v) is 6.36. The predicted octanol–water partition coefficient (Wildman–Crippen LogP) is 2.19. The summed E-state index contributed by atoms with van der Waals surface area (Å²) in [6, 6.07) is 8.80. The van der Waals surface area contributed by atoms with Crippen LogP contribution in [0.15, 0.2) is 36.5 Å². The third-order valence-electron chi connectivity index (χ3n) is 4.90. The summed E-state index contributed by atoms with van der Waals surface area (Å²) in [5.41, 5.74) is 1.18. The first-order valence-corrected chi connectivity index (χ1v) is 8.03. The summed E-state index contributed by atoms with van der Waals surface area (Å²) in [6.07, 6.45) is 4.47. The highest BCUT2D eigenvalue weighted by atomic mass is 19.1. The van der Waals surface area contributed by atoms with Gasteiger partial charge in [-0.25, -0.2) is 4.39 Å². The van der Waals surface area contributed by atoms with Gasteiger partial charge in [-0.15, -0.1) is 0 Å². The van der Waals surface area contributed by atoms with E-state index < -0.39 is 0 Å². The molecule has 23 heavy (non-hydrogen) atoms. The molecule has 1 atom stereocenters. The minimum absolute atomic E-state index is 0.111.